The third-order valence-corrected chi connectivity index (χ3v) is 5.09. The number of ether oxygens (including phenoxy) is 1. The standard InChI is InChI=1S/C22H24ClN3O3/c1-14-20(15(2)26(25-14)18-8-6-17(23)7-9-18)12-22(28)24-13-21(27)16-4-10-19(29-3)11-5-16/h4-11,21,27H,12-13H2,1-3H3,(H,24,28). The lowest BCUT2D eigenvalue weighted by atomic mass is 10.1. The Kier molecular flexibility index (Phi) is 6.56. The van der Waals surface area contributed by atoms with Crippen molar-refractivity contribution in [2.75, 3.05) is 13.7 Å². The highest BCUT2D eigenvalue weighted by Gasteiger charge is 2.17. The summed E-state index contributed by atoms with van der Waals surface area (Å²) >= 11 is 5.95. The summed E-state index contributed by atoms with van der Waals surface area (Å²) in [4.78, 5) is 12.4. The summed E-state index contributed by atoms with van der Waals surface area (Å²) in [7, 11) is 1.59. The maximum absolute atomic E-state index is 12.4. The van der Waals surface area contributed by atoms with Crippen molar-refractivity contribution in [3.05, 3.63) is 76.1 Å². The molecule has 3 aromatic rings. The van der Waals surface area contributed by atoms with Gasteiger partial charge in [0.25, 0.3) is 0 Å². The molecule has 7 heteroatoms. The van der Waals surface area contributed by atoms with Crippen molar-refractivity contribution in [2.45, 2.75) is 26.4 Å². The van der Waals surface area contributed by atoms with Crippen LogP contribution in [0.3, 0.4) is 0 Å². The normalized spacial score (nSPS) is 11.9. The van der Waals surface area contributed by atoms with Crippen LogP contribution in [0.5, 0.6) is 5.75 Å². The summed E-state index contributed by atoms with van der Waals surface area (Å²) in [6.45, 7) is 3.95. The van der Waals surface area contributed by atoms with Crippen molar-refractivity contribution in [3.8, 4) is 11.4 Å². The molecule has 1 unspecified atom stereocenters. The fourth-order valence-corrected chi connectivity index (χ4v) is 3.27. The lowest BCUT2D eigenvalue weighted by Gasteiger charge is -2.13. The molecular weight excluding hydrogens is 390 g/mol. The number of hydrogen-bond acceptors (Lipinski definition) is 4. The van der Waals surface area contributed by atoms with Crippen LogP contribution in [0, 0.1) is 13.8 Å². The first-order chi connectivity index (χ1) is 13.9. The van der Waals surface area contributed by atoms with Crippen molar-refractivity contribution in [1.29, 1.82) is 0 Å². The van der Waals surface area contributed by atoms with Crippen LogP contribution in [0.2, 0.25) is 5.02 Å². The number of aliphatic hydroxyl groups excluding tert-OH is 1. The van der Waals surface area contributed by atoms with Gasteiger partial charge >= 0.3 is 0 Å². The molecule has 1 heterocycles. The van der Waals surface area contributed by atoms with E-state index in [1.807, 2.05) is 26.0 Å². The molecular formula is C22H24ClN3O3. The average molecular weight is 414 g/mol. The van der Waals surface area contributed by atoms with E-state index in [1.54, 1.807) is 48.2 Å². The Labute approximate surface area is 175 Å². The van der Waals surface area contributed by atoms with E-state index in [1.165, 1.54) is 0 Å². The number of aromatic nitrogens is 2. The van der Waals surface area contributed by atoms with Crippen LogP contribution in [-0.2, 0) is 11.2 Å². The Bertz CT molecular complexity index is 982. The van der Waals surface area contributed by atoms with Crippen molar-refractivity contribution < 1.29 is 14.6 Å². The first-order valence-corrected chi connectivity index (χ1v) is 9.66. The van der Waals surface area contributed by atoms with Gasteiger partial charge in [-0.15, -0.1) is 0 Å². The molecule has 2 N–H and O–H groups in total. The number of halogens is 1. The molecule has 0 bridgehead atoms. The first kappa shape index (κ1) is 20.9. The fourth-order valence-electron chi connectivity index (χ4n) is 3.14. The predicted octanol–water partition coefficient (Wildman–Crippen LogP) is 3.54. The Morgan fingerprint density at radius 1 is 1.17 bits per heavy atom. The summed E-state index contributed by atoms with van der Waals surface area (Å²) < 4.78 is 6.92. The van der Waals surface area contributed by atoms with Crippen molar-refractivity contribution in [2.24, 2.45) is 0 Å². The maximum Gasteiger partial charge on any atom is 0.224 e. The summed E-state index contributed by atoms with van der Waals surface area (Å²) in [5, 5.41) is 18.3. The average Bonchev–Trinajstić information content (AvgIpc) is 3.01. The molecule has 152 valence electrons. The van der Waals surface area contributed by atoms with Crippen molar-refractivity contribution in [3.63, 3.8) is 0 Å². The SMILES string of the molecule is COc1ccc(C(O)CNC(=O)Cc2c(C)nn(-c3ccc(Cl)cc3)c2C)cc1. The Morgan fingerprint density at radius 2 is 1.83 bits per heavy atom. The molecule has 0 saturated heterocycles. The van der Waals surface area contributed by atoms with Gasteiger partial charge in [-0.3, -0.25) is 4.79 Å². The second-order valence-electron chi connectivity index (χ2n) is 6.81. The topological polar surface area (TPSA) is 76.4 Å². The molecule has 0 aliphatic carbocycles. The van der Waals surface area contributed by atoms with Crippen LogP contribution in [0.4, 0.5) is 0 Å². The number of aryl methyl sites for hydroxylation is 1. The first-order valence-electron chi connectivity index (χ1n) is 9.28. The number of carbonyl (C=O) groups excluding carboxylic acids is 1. The number of aliphatic hydroxyl groups is 1. The number of methoxy groups -OCH3 is 1. The van der Waals surface area contributed by atoms with Gasteiger partial charge in [-0.2, -0.15) is 5.10 Å². The van der Waals surface area contributed by atoms with Gasteiger partial charge in [0.15, 0.2) is 0 Å². The Morgan fingerprint density at radius 3 is 2.45 bits per heavy atom. The predicted molar refractivity (Wildman–Crippen MR) is 113 cm³/mol. The lowest BCUT2D eigenvalue weighted by Crippen LogP contribution is -2.30. The summed E-state index contributed by atoms with van der Waals surface area (Å²) in [5.74, 6) is 0.549. The second kappa shape index (κ2) is 9.11. The molecule has 2 aromatic carbocycles. The highest BCUT2D eigenvalue weighted by Crippen LogP contribution is 2.20. The van der Waals surface area contributed by atoms with Crippen LogP contribution in [0.25, 0.3) is 5.69 Å². The number of carbonyl (C=O) groups is 1. The van der Waals surface area contributed by atoms with Crippen LogP contribution >= 0.6 is 11.6 Å². The van der Waals surface area contributed by atoms with Gasteiger partial charge in [-0.1, -0.05) is 23.7 Å². The molecule has 1 aromatic heterocycles. The zero-order valence-corrected chi connectivity index (χ0v) is 17.4. The van der Waals surface area contributed by atoms with Gasteiger partial charge in [0, 0.05) is 22.8 Å². The molecule has 29 heavy (non-hydrogen) atoms. The Balaban J connectivity index is 1.63. The molecule has 6 nitrogen and oxygen atoms in total. The molecule has 1 amide bonds. The zero-order valence-electron chi connectivity index (χ0n) is 16.6. The summed E-state index contributed by atoms with van der Waals surface area (Å²) in [6, 6.07) is 14.5. The summed E-state index contributed by atoms with van der Waals surface area (Å²) in [5.41, 5.74) is 4.17. The fraction of sp³-hybridized carbons (Fsp3) is 0.273. The van der Waals surface area contributed by atoms with E-state index in [0.717, 1.165) is 22.6 Å². The molecule has 0 spiro atoms. The van der Waals surface area contributed by atoms with E-state index in [9.17, 15) is 9.90 Å². The largest absolute Gasteiger partial charge is 0.497 e. The van der Waals surface area contributed by atoms with Gasteiger partial charge in [0.2, 0.25) is 5.91 Å². The molecule has 0 saturated carbocycles. The lowest BCUT2D eigenvalue weighted by molar-refractivity contribution is -0.120. The van der Waals surface area contributed by atoms with Crippen LogP contribution in [-0.4, -0.2) is 34.4 Å². The quantitative estimate of drug-likeness (QED) is 0.621. The van der Waals surface area contributed by atoms with Gasteiger partial charge in [-0.25, -0.2) is 4.68 Å². The number of nitrogens with one attached hydrogen (secondary N) is 1. The summed E-state index contributed by atoms with van der Waals surface area (Å²) in [6.07, 6.45) is -0.593. The molecule has 0 radical (unpaired) electrons. The molecule has 3 rings (SSSR count). The van der Waals surface area contributed by atoms with Gasteiger partial charge in [0.05, 0.1) is 31.0 Å². The third-order valence-electron chi connectivity index (χ3n) is 4.84. The van der Waals surface area contributed by atoms with Crippen molar-refractivity contribution in [1.82, 2.24) is 15.1 Å². The minimum absolute atomic E-state index is 0.134. The van der Waals surface area contributed by atoms with Crippen LogP contribution in [0.15, 0.2) is 48.5 Å². The van der Waals surface area contributed by atoms with Crippen LogP contribution < -0.4 is 10.1 Å². The van der Waals surface area contributed by atoms with E-state index in [-0.39, 0.29) is 18.9 Å². The maximum atomic E-state index is 12.4. The van der Waals surface area contributed by atoms with E-state index < -0.39 is 6.10 Å². The third kappa shape index (κ3) is 4.96. The van der Waals surface area contributed by atoms with E-state index in [2.05, 4.69) is 10.4 Å². The zero-order chi connectivity index (χ0) is 21.0. The highest BCUT2D eigenvalue weighted by atomic mass is 35.5. The van der Waals surface area contributed by atoms with E-state index in [4.69, 9.17) is 16.3 Å². The van der Waals surface area contributed by atoms with Crippen LogP contribution in [0.1, 0.15) is 28.6 Å². The molecule has 0 aliphatic rings. The smallest absolute Gasteiger partial charge is 0.224 e. The molecule has 0 aliphatic heterocycles. The van der Waals surface area contributed by atoms with E-state index in [0.29, 0.717) is 16.3 Å². The van der Waals surface area contributed by atoms with Gasteiger partial charge in [-0.05, 0) is 55.8 Å². The number of nitrogens with zero attached hydrogens (tertiary/aromatic N) is 2. The minimum atomic E-state index is -0.788. The van der Waals surface area contributed by atoms with Crippen molar-refractivity contribution >= 4 is 17.5 Å². The van der Waals surface area contributed by atoms with Gasteiger partial charge in [0.1, 0.15) is 5.75 Å². The van der Waals surface area contributed by atoms with Gasteiger partial charge < -0.3 is 15.2 Å². The van der Waals surface area contributed by atoms with E-state index >= 15 is 0 Å². The number of rotatable bonds is 7. The number of hydrogen-bond donors (Lipinski definition) is 2. The monoisotopic (exact) mass is 413 g/mol. The Hall–Kier alpha value is -2.83. The minimum Gasteiger partial charge on any atom is -0.497 e. The number of amides is 1. The molecule has 0 fully saturated rings. The molecule has 1 atom stereocenters. The number of benzene rings is 2. The second-order valence-corrected chi connectivity index (χ2v) is 7.24. The highest BCUT2D eigenvalue weighted by molar-refractivity contribution is 6.30.